The Morgan fingerprint density at radius 2 is 1.65 bits per heavy atom. The zero-order valence-corrected chi connectivity index (χ0v) is 13.1. The van der Waals surface area contributed by atoms with Crippen LogP contribution in [0.5, 0.6) is 5.75 Å². The standard InChI is InChI=1S/C20H18N2O/c1-3-16-4-6-18(7-5-16)23-14-17-9-11-22-20(13-17)19-12-15(2)8-10-21-19/h3-13H,1,14H2,2H3. The fourth-order valence-corrected chi connectivity index (χ4v) is 2.25. The minimum atomic E-state index is 0.495. The summed E-state index contributed by atoms with van der Waals surface area (Å²) in [5, 5.41) is 0. The van der Waals surface area contributed by atoms with E-state index in [9.17, 15) is 0 Å². The molecule has 3 rings (SSSR count). The molecule has 114 valence electrons. The number of hydrogen-bond acceptors (Lipinski definition) is 3. The average Bonchev–Trinajstić information content (AvgIpc) is 2.61. The molecular formula is C20H18N2O. The van der Waals surface area contributed by atoms with E-state index in [0.717, 1.165) is 28.3 Å². The number of aryl methyl sites for hydroxylation is 1. The molecule has 0 radical (unpaired) electrons. The number of pyridine rings is 2. The Kier molecular flexibility index (Phi) is 4.48. The highest BCUT2D eigenvalue weighted by Crippen LogP contribution is 2.18. The molecule has 3 nitrogen and oxygen atoms in total. The van der Waals surface area contributed by atoms with E-state index >= 15 is 0 Å². The molecule has 0 saturated carbocycles. The summed E-state index contributed by atoms with van der Waals surface area (Å²) in [6.45, 7) is 6.29. The number of ether oxygens (including phenoxy) is 1. The summed E-state index contributed by atoms with van der Waals surface area (Å²) >= 11 is 0. The number of rotatable bonds is 5. The second-order valence-electron chi connectivity index (χ2n) is 5.33. The van der Waals surface area contributed by atoms with E-state index in [1.165, 1.54) is 5.56 Å². The Hall–Kier alpha value is -2.94. The number of hydrogen-bond donors (Lipinski definition) is 0. The van der Waals surface area contributed by atoms with Crippen LogP contribution in [0.2, 0.25) is 0 Å². The van der Waals surface area contributed by atoms with Crippen molar-refractivity contribution in [1.29, 1.82) is 0 Å². The lowest BCUT2D eigenvalue weighted by atomic mass is 10.1. The molecule has 0 N–H and O–H groups in total. The highest BCUT2D eigenvalue weighted by atomic mass is 16.5. The minimum absolute atomic E-state index is 0.495. The Balaban J connectivity index is 1.73. The molecule has 0 atom stereocenters. The first-order valence-corrected chi connectivity index (χ1v) is 7.48. The van der Waals surface area contributed by atoms with Gasteiger partial charge in [-0.25, -0.2) is 0 Å². The number of nitrogens with zero attached hydrogens (tertiary/aromatic N) is 2. The largest absolute Gasteiger partial charge is 0.489 e. The molecule has 0 aliphatic rings. The maximum absolute atomic E-state index is 5.82. The van der Waals surface area contributed by atoms with Gasteiger partial charge in [0.1, 0.15) is 12.4 Å². The highest BCUT2D eigenvalue weighted by Gasteiger charge is 2.03. The van der Waals surface area contributed by atoms with Gasteiger partial charge in [-0.1, -0.05) is 24.8 Å². The van der Waals surface area contributed by atoms with Crippen LogP contribution in [0.3, 0.4) is 0 Å². The third-order valence-electron chi connectivity index (χ3n) is 3.52. The first kappa shape index (κ1) is 15.0. The number of benzene rings is 1. The van der Waals surface area contributed by atoms with Gasteiger partial charge in [-0.15, -0.1) is 0 Å². The summed E-state index contributed by atoms with van der Waals surface area (Å²) in [4.78, 5) is 8.77. The molecule has 0 saturated heterocycles. The lowest BCUT2D eigenvalue weighted by Gasteiger charge is -2.08. The molecule has 1 aromatic carbocycles. The molecule has 23 heavy (non-hydrogen) atoms. The highest BCUT2D eigenvalue weighted by molar-refractivity contribution is 5.55. The molecule has 0 spiro atoms. The van der Waals surface area contributed by atoms with Crippen LogP contribution in [-0.2, 0) is 6.61 Å². The van der Waals surface area contributed by atoms with Gasteiger partial charge in [-0.05, 0) is 60.0 Å². The fraction of sp³-hybridized carbons (Fsp3) is 0.100. The summed E-state index contributed by atoms with van der Waals surface area (Å²) in [7, 11) is 0. The molecule has 3 heteroatoms. The van der Waals surface area contributed by atoms with Crippen LogP contribution >= 0.6 is 0 Å². The van der Waals surface area contributed by atoms with Crippen molar-refractivity contribution in [2.24, 2.45) is 0 Å². The van der Waals surface area contributed by atoms with Gasteiger partial charge < -0.3 is 4.74 Å². The van der Waals surface area contributed by atoms with E-state index < -0.39 is 0 Å². The van der Waals surface area contributed by atoms with Crippen molar-refractivity contribution in [2.45, 2.75) is 13.5 Å². The zero-order chi connectivity index (χ0) is 16.1. The van der Waals surface area contributed by atoms with Crippen molar-refractivity contribution >= 4 is 6.08 Å². The van der Waals surface area contributed by atoms with Crippen molar-refractivity contribution in [1.82, 2.24) is 9.97 Å². The second kappa shape index (κ2) is 6.88. The molecule has 3 aromatic rings. The average molecular weight is 302 g/mol. The Bertz CT molecular complexity index is 810. The number of aromatic nitrogens is 2. The Morgan fingerprint density at radius 3 is 2.35 bits per heavy atom. The molecule has 0 aliphatic heterocycles. The maximum Gasteiger partial charge on any atom is 0.119 e. The SMILES string of the molecule is C=Cc1ccc(OCc2ccnc(-c3cc(C)ccn3)c2)cc1. The Morgan fingerprint density at radius 1 is 0.957 bits per heavy atom. The van der Waals surface area contributed by atoms with Gasteiger partial charge in [0.05, 0.1) is 11.4 Å². The zero-order valence-electron chi connectivity index (χ0n) is 13.1. The van der Waals surface area contributed by atoms with E-state index in [0.29, 0.717) is 6.61 Å². The first-order chi connectivity index (χ1) is 11.2. The molecule has 2 heterocycles. The van der Waals surface area contributed by atoms with Crippen molar-refractivity contribution in [3.05, 3.63) is 84.2 Å². The van der Waals surface area contributed by atoms with Gasteiger partial charge in [0.25, 0.3) is 0 Å². The molecule has 0 amide bonds. The van der Waals surface area contributed by atoms with Crippen LogP contribution in [0.25, 0.3) is 17.5 Å². The third kappa shape index (κ3) is 3.83. The van der Waals surface area contributed by atoms with Gasteiger partial charge in [-0.2, -0.15) is 0 Å². The van der Waals surface area contributed by atoms with Crippen molar-refractivity contribution in [3.63, 3.8) is 0 Å². The van der Waals surface area contributed by atoms with Crippen LogP contribution in [0, 0.1) is 6.92 Å². The lowest BCUT2D eigenvalue weighted by Crippen LogP contribution is -1.97. The quantitative estimate of drug-likeness (QED) is 0.686. The topological polar surface area (TPSA) is 35.0 Å². The molecule has 2 aromatic heterocycles. The molecule has 0 fully saturated rings. The predicted octanol–water partition coefficient (Wildman–Crippen LogP) is 4.67. The van der Waals surface area contributed by atoms with Crippen molar-refractivity contribution < 1.29 is 4.74 Å². The monoisotopic (exact) mass is 302 g/mol. The molecule has 0 bridgehead atoms. The van der Waals surface area contributed by atoms with Gasteiger partial charge in [0, 0.05) is 12.4 Å². The summed E-state index contributed by atoms with van der Waals surface area (Å²) in [6, 6.07) is 15.8. The maximum atomic E-state index is 5.82. The van der Waals surface area contributed by atoms with Gasteiger partial charge in [0.15, 0.2) is 0 Å². The normalized spacial score (nSPS) is 10.3. The fourth-order valence-electron chi connectivity index (χ4n) is 2.25. The van der Waals surface area contributed by atoms with E-state index in [2.05, 4.69) is 16.5 Å². The van der Waals surface area contributed by atoms with Gasteiger partial charge >= 0.3 is 0 Å². The summed E-state index contributed by atoms with van der Waals surface area (Å²) in [5.74, 6) is 0.836. The summed E-state index contributed by atoms with van der Waals surface area (Å²) in [5.41, 5.74) is 5.04. The van der Waals surface area contributed by atoms with Crippen LogP contribution in [0.4, 0.5) is 0 Å². The summed E-state index contributed by atoms with van der Waals surface area (Å²) in [6.07, 6.45) is 5.41. The molecule has 0 aliphatic carbocycles. The van der Waals surface area contributed by atoms with E-state index in [-0.39, 0.29) is 0 Å². The predicted molar refractivity (Wildman–Crippen MR) is 93.1 cm³/mol. The van der Waals surface area contributed by atoms with Crippen LogP contribution in [-0.4, -0.2) is 9.97 Å². The Labute approximate surface area is 136 Å². The smallest absolute Gasteiger partial charge is 0.119 e. The van der Waals surface area contributed by atoms with Crippen molar-refractivity contribution in [2.75, 3.05) is 0 Å². The van der Waals surface area contributed by atoms with E-state index in [1.807, 2.05) is 61.5 Å². The van der Waals surface area contributed by atoms with E-state index in [4.69, 9.17) is 4.74 Å². The minimum Gasteiger partial charge on any atom is -0.489 e. The van der Waals surface area contributed by atoms with Gasteiger partial charge in [-0.3, -0.25) is 9.97 Å². The van der Waals surface area contributed by atoms with E-state index in [1.54, 1.807) is 12.4 Å². The first-order valence-electron chi connectivity index (χ1n) is 7.48. The van der Waals surface area contributed by atoms with Crippen LogP contribution in [0.1, 0.15) is 16.7 Å². The van der Waals surface area contributed by atoms with Crippen molar-refractivity contribution in [3.8, 4) is 17.1 Å². The summed E-state index contributed by atoms with van der Waals surface area (Å²) < 4.78 is 5.82. The lowest BCUT2D eigenvalue weighted by molar-refractivity contribution is 0.306. The molecular weight excluding hydrogens is 284 g/mol. The van der Waals surface area contributed by atoms with Gasteiger partial charge in [0.2, 0.25) is 0 Å². The molecule has 0 unspecified atom stereocenters. The van der Waals surface area contributed by atoms with Crippen LogP contribution in [0.15, 0.2) is 67.5 Å². The van der Waals surface area contributed by atoms with Crippen LogP contribution < -0.4 is 4.74 Å². The third-order valence-corrected chi connectivity index (χ3v) is 3.52. The second-order valence-corrected chi connectivity index (χ2v) is 5.33.